The Labute approximate surface area is 126 Å². The standard InChI is InChI=1S/C18H22N2O/c1-21-18-10-4-15(5-11-18)13-20(17-8-9-17)16-6-2-14(12-19)3-7-16/h2-7,10-11,17H,8-9,12-13,19H2,1H3. The molecule has 0 unspecified atom stereocenters. The molecule has 0 saturated heterocycles. The van der Waals surface area contributed by atoms with Gasteiger partial charge < -0.3 is 15.4 Å². The van der Waals surface area contributed by atoms with Crippen molar-refractivity contribution >= 4 is 5.69 Å². The van der Waals surface area contributed by atoms with Crippen LogP contribution in [0.4, 0.5) is 5.69 Å². The van der Waals surface area contributed by atoms with Crippen LogP contribution in [-0.4, -0.2) is 13.2 Å². The second-order valence-corrected chi connectivity index (χ2v) is 5.58. The second kappa shape index (κ2) is 6.19. The Hall–Kier alpha value is -2.00. The maximum atomic E-state index is 5.67. The topological polar surface area (TPSA) is 38.5 Å². The Kier molecular flexibility index (Phi) is 4.11. The molecule has 110 valence electrons. The molecule has 0 atom stereocenters. The molecule has 0 aromatic heterocycles. The first kappa shape index (κ1) is 14.0. The van der Waals surface area contributed by atoms with E-state index >= 15 is 0 Å². The minimum absolute atomic E-state index is 0.599. The molecule has 2 N–H and O–H groups in total. The molecular formula is C18H22N2O. The Morgan fingerprint density at radius 2 is 1.62 bits per heavy atom. The third-order valence-electron chi connectivity index (χ3n) is 4.00. The molecular weight excluding hydrogens is 260 g/mol. The minimum Gasteiger partial charge on any atom is -0.497 e. The maximum Gasteiger partial charge on any atom is 0.118 e. The lowest BCUT2D eigenvalue weighted by atomic mass is 10.1. The van der Waals surface area contributed by atoms with Crippen LogP contribution < -0.4 is 15.4 Å². The summed E-state index contributed by atoms with van der Waals surface area (Å²) < 4.78 is 5.22. The number of nitrogens with zero attached hydrogens (tertiary/aromatic N) is 1. The van der Waals surface area contributed by atoms with Crippen molar-refractivity contribution in [3.8, 4) is 5.75 Å². The molecule has 2 aromatic carbocycles. The summed E-state index contributed by atoms with van der Waals surface area (Å²) in [5, 5.41) is 0. The van der Waals surface area contributed by atoms with E-state index in [1.165, 1.54) is 29.7 Å². The lowest BCUT2D eigenvalue weighted by Gasteiger charge is -2.25. The number of rotatable bonds is 6. The van der Waals surface area contributed by atoms with Crippen LogP contribution in [0.5, 0.6) is 5.75 Å². The van der Waals surface area contributed by atoms with Crippen molar-refractivity contribution in [2.45, 2.75) is 32.0 Å². The number of methoxy groups -OCH3 is 1. The van der Waals surface area contributed by atoms with E-state index in [4.69, 9.17) is 10.5 Å². The van der Waals surface area contributed by atoms with Crippen LogP contribution in [0.2, 0.25) is 0 Å². The quantitative estimate of drug-likeness (QED) is 0.883. The monoisotopic (exact) mass is 282 g/mol. The fraction of sp³-hybridized carbons (Fsp3) is 0.333. The average Bonchev–Trinajstić information content (AvgIpc) is 3.38. The predicted molar refractivity (Wildman–Crippen MR) is 86.5 cm³/mol. The molecule has 0 spiro atoms. The van der Waals surface area contributed by atoms with Gasteiger partial charge in [0.25, 0.3) is 0 Å². The molecule has 1 aliphatic rings. The molecule has 1 saturated carbocycles. The van der Waals surface area contributed by atoms with Gasteiger partial charge in [-0.1, -0.05) is 24.3 Å². The molecule has 0 bridgehead atoms. The zero-order chi connectivity index (χ0) is 14.7. The van der Waals surface area contributed by atoms with E-state index in [-0.39, 0.29) is 0 Å². The first-order valence-corrected chi connectivity index (χ1v) is 7.48. The summed E-state index contributed by atoms with van der Waals surface area (Å²) in [6, 6.07) is 17.6. The van der Waals surface area contributed by atoms with Gasteiger partial charge in [0.2, 0.25) is 0 Å². The number of hydrogen-bond acceptors (Lipinski definition) is 3. The normalized spacial score (nSPS) is 14.0. The number of benzene rings is 2. The maximum absolute atomic E-state index is 5.67. The summed E-state index contributed by atoms with van der Waals surface area (Å²) in [6.07, 6.45) is 2.57. The molecule has 3 rings (SSSR count). The highest BCUT2D eigenvalue weighted by atomic mass is 16.5. The number of nitrogens with two attached hydrogens (primary N) is 1. The molecule has 0 heterocycles. The van der Waals surface area contributed by atoms with Crippen LogP contribution in [0.25, 0.3) is 0 Å². The van der Waals surface area contributed by atoms with Crippen molar-refractivity contribution in [1.82, 2.24) is 0 Å². The molecule has 2 aromatic rings. The van der Waals surface area contributed by atoms with Crippen LogP contribution in [-0.2, 0) is 13.1 Å². The van der Waals surface area contributed by atoms with E-state index in [0.717, 1.165) is 12.3 Å². The predicted octanol–water partition coefficient (Wildman–Crippen LogP) is 3.32. The summed E-state index contributed by atoms with van der Waals surface area (Å²) in [5.41, 5.74) is 9.45. The van der Waals surface area contributed by atoms with Crippen molar-refractivity contribution in [3.05, 3.63) is 59.7 Å². The van der Waals surface area contributed by atoms with E-state index in [1.807, 2.05) is 12.1 Å². The largest absolute Gasteiger partial charge is 0.497 e. The zero-order valence-electron chi connectivity index (χ0n) is 12.5. The molecule has 0 amide bonds. The van der Waals surface area contributed by atoms with Gasteiger partial charge in [-0.2, -0.15) is 0 Å². The summed E-state index contributed by atoms with van der Waals surface area (Å²) in [4.78, 5) is 2.49. The Balaban J connectivity index is 1.77. The van der Waals surface area contributed by atoms with Crippen LogP contribution in [0, 0.1) is 0 Å². The number of hydrogen-bond donors (Lipinski definition) is 1. The van der Waals surface area contributed by atoms with Gasteiger partial charge in [-0.15, -0.1) is 0 Å². The first-order chi connectivity index (χ1) is 10.3. The van der Waals surface area contributed by atoms with Crippen molar-refractivity contribution in [3.63, 3.8) is 0 Å². The van der Waals surface area contributed by atoms with E-state index in [0.29, 0.717) is 12.6 Å². The van der Waals surface area contributed by atoms with Crippen molar-refractivity contribution in [2.75, 3.05) is 12.0 Å². The fourth-order valence-electron chi connectivity index (χ4n) is 2.57. The Bertz CT molecular complexity index is 573. The molecule has 1 fully saturated rings. The molecule has 1 aliphatic carbocycles. The Morgan fingerprint density at radius 3 is 2.14 bits per heavy atom. The smallest absolute Gasteiger partial charge is 0.118 e. The van der Waals surface area contributed by atoms with Gasteiger partial charge in [-0.3, -0.25) is 0 Å². The summed E-state index contributed by atoms with van der Waals surface area (Å²) in [5.74, 6) is 0.907. The van der Waals surface area contributed by atoms with Gasteiger partial charge in [0.1, 0.15) is 5.75 Å². The van der Waals surface area contributed by atoms with Gasteiger partial charge in [-0.05, 0) is 48.2 Å². The highest BCUT2D eigenvalue weighted by Gasteiger charge is 2.29. The Morgan fingerprint density at radius 1 is 1.00 bits per heavy atom. The highest BCUT2D eigenvalue weighted by Crippen LogP contribution is 2.33. The van der Waals surface area contributed by atoms with Gasteiger partial charge in [0.05, 0.1) is 7.11 Å². The molecule has 0 aliphatic heterocycles. The van der Waals surface area contributed by atoms with Gasteiger partial charge in [0.15, 0.2) is 0 Å². The molecule has 3 heteroatoms. The molecule has 3 nitrogen and oxygen atoms in total. The van der Waals surface area contributed by atoms with E-state index in [1.54, 1.807) is 7.11 Å². The van der Waals surface area contributed by atoms with Gasteiger partial charge in [-0.25, -0.2) is 0 Å². The van der Waals surface area contributed by atoms with Gasteiger partial charge >= 0.3 is 0 Å². The number of ether oxygens (including phenoxy) is 1. The zero-order valence-corrected chi connectivity index (χ0v) is 12.5. The van der Waals surface area contributed by atoms with E-state index in [2.05, 4.69) is 41.3 Å². The van der Waals surface area contributed by atoms with E-state index in [9.17, 15) is 0 Å². The lowest BCUT2D eigenvalue weighted by molar-refractivity contribution is 0.414. The van der Waals surface area contributed by atoms with Crippen LogP contribution >= 0.6 is 0 Å². The molecule has 21 heavy (non-hydrogen) atoms. The third kappa shape index (κ3) is 3.37. The van der Waals surface area contributed by atoms with Crippen LogP contribution in [0.15, 0.2) is 48.5 Å². The van der Waals surface area contributed by atoms with Crippen molar-refractivity contribution in [1.29, 1.82) is 0 Å². The van der Waals surface area contributed by atoms with Crippen LogP contribution in [0.3, 0.4) is 0 Å². The van der Waals surface area contributed by atoms with Crippen LogP contribution in [0.1, 0.15) is 24.0 Å². The average molecular weight is 282 g/mol. The lowest BCUT2D eigenvalue weighted by Crippen LogP contribution is -2.24. The summed E-state index contributed by atoms with van der Waals surface area (Å²) in [6.45, 7) is 1.54. The summed E-state index contributed by atoms with van der Waals surface area (Å²) in [7, 11) is 1.70. The van der Waals surface area contributed by atoms with Gasteiger partial charge in [0, 0.05) is 24.8 Å². The first-order valence-electron chi connectivity index (χ1n) is 7.48. The highest BCUT2D eigenvalue weighted by molar-refractivity contribution is 5.50. The molecule has 0 radical (unpaired) electrons. The SMILES string of the molecule is COc1ccc(CN(c2ccc(CN)cc2)C2CC2)cc1. The third-order valence-corrected chi connectivity index (χ3v) is 4.00. The minimum atomic E-state index is 0.599. The second-order valence-electron chi connectivity index (χ2n) is 5.58. The fourth-order valence-corrected chi connectivity index (χ4v) is 2.57. The summed E-state index contributed by atoms with van der Waals surface area (Å²) >= 11 is 0. The number of anilines is 1. The van der Waals surface area contributed by atoms with Crippen molar-refractivity contribution < 1.29 is 4.74 Å². The van der Waals surface area contributed by atoms with Crippen molar-refractivity contribution in [2.24, 2.45) is 5.73 Å². The van der Waals surface area contributed by atoms with E-state index < -0.39 is 0 Å².